The van der Waals surface area contributed by atoms with Crippen molar-refractivity contribution in [1.82, 2.24) is 5.32 Å². The molecule has 3 nitrogen and oxygen atoms in total. The van der Waals surface area contributed by atoms with E-state index in [0.29, 0.717) is 17.9 Å². The molecule has 1 aromatic carbocycles. The van der Waals surface area contributed by atoms with Gasteiger partial charge in [0.2, 0.25) is 0 Å². The molecule has 0 radical (unpaired) electrons. The number of hydrogen-bond donors (Lipinski definition) is 2. The van der Waals surface area contributed by atoms with Crippen molar-refractivity contribution in [3.05, 3.63) is 63.4 Å². The maximum Gasteiger partial charge on any atom is 0.251 e. The van der Waals surface area contributed by atoms with Gasteiger partial charge in [-0.05, 0) is 61.6 Å². The first-order chi connectivity index (χ1) is 12.2. The standard InChI is InChI=1S/C21H24N2OS/c1-3-11-22-21(24)14-8-9-18-17(12-14)15-5-4-6-16(15)20(23-18)19-10-7-13(2)25-19/h4-5,7-10,12,15-16,20,23H,3,6,11H2,1-2H3,(H,22,24). The molecule has 1 aliphatic carbocycles. The highest BCUT2D eigenvalue weighted by molar-refractivity contribution is 7.12. The highest BCUT2D eigenvalue weighted by Gasteiger charge is 2.38. The highest BCUT2D eigenvalue weighted by Crippen LogP contribution is 2.50. The third-order valence-electron chi connectivity index (χ3n) is 5.23. The Morgan fingerprint density at radius 3 is 2.96 bits per heavy atom. The first kappa shape index (κ1) is 16.4. The third kappa shape index (κ3) is 2.99. The number of carbonyl (C=O) groups excluding carboxylic acids is 1. The topological polar surface area (TPSA) is 41.1 Å². The highest BCUT2D eigenvalue weighted by atomic mass is 32.1. The van der Waals surface area contributed by atoms with E-state index in [1.54, 1.807) is 0 Å². The molecule has 0 spiro atoms. The lowest BCUT2D eigenvalue weighted by atomic mass is 9.78. The lowest BCUT2D eigenvalue weighted by Gasteiger charge is -2.37. The Bertz CT molecular complexity index is 823. The van der Waals surface area contributed by atoms with Crippen LogP contribution >= 0.6 is 11.3 Å². The Kier molecular flexibility index (Phi) is 4.38. The van der Waals surface area contributed by atoms with Crippen molar-refractivity contribution in [3.8, 4) is 0 Å². The van der Waals surface area contributed by atoms with Gasteiger partial charge >= 0.3 is 0 Å². The summed E-state index contributed by atoms with van der Waals surface area (Å²) in [5.74, 6) is 0.946. The zero-order valence-electron chi connectivity index (χ0n) is 14.7. The van der Waals surface area contributed by atoms with Gasteiger partial charge in [0, 0.05) is 33.5 Å². The van der Waals surface area contributed by atoms with Gasteiger partial charge in [-0.1, -0.05) is 19.1 Å². The number of amides is 1. The molecule has 3 unspecified atom stereocenters. The van der Waals surface area contributed by atoms with Crippen LogP contribution in [0.1, 0.15) is 57.4 Å². The van der Waals surface area contributed by atoms with Crippen molar-refractivity contribution < 1.29 is 4.79 Å². The van der Waals surface area contributed by atoms with Crippen molar-refractivity contribution in [2.75, 3.05) is 11.9 Å². The Labute approximate surface area is 153 Å². The molecule has 3 atom stereocenters. The fraction of sp³-hybridized carbons (Fsp3) is 0.381. The SMILES string of the molecule is CCCNC(=O)c1ccc2c(c1)C1C=CCC1C(c1ccc(C)s1)N2. The van der Waals surface area contributed by atoms with Crippen LogP contribution in [0.4, 0.5) is 5.69 Å². The van der Waals surface area contributed by atoms with Gasteiger partial charge in [0.1, 0.15) is 0 Å². The number of carbonyl (C=O) groups is 1. The second kappa shape index (κ2) is 6.68. The fourth-order valence-electron chi connectivity index (χ4n) is 3.98. The lowest BCUT2D eigenvalue weighted by Crippen LogP contribution is -2.29. The number of nitrogens with one attached hydrogen (secondary N) is 2. The monoisotopic (exact) mass is 352 g/mol. The van der Waals surface area contributed by atoms with Gasteiger partial charge in [0.15, 0.2) is 0 Å². The third-order valence-corrected chi connectivity index (χ3v) is 6.31. The molecule has 2 N–H and O–H groups in total. The Morgan fingerprint density at radius 1 is 1.32 bits per heavy atom. The van der Waals surface area contributed by atoms with Crippen LogP contribution in [0.25, 0.3) is 0 Å². The number of aryl methyl sites for hydroxylation is 1. The van der Waals surface area contributed by atoms with Gasteiger partial charge in [-0.15, -0.1) is 11.3 Å². The van der Waals surface area contributed by atoms with E-state index in [2.05, 4.69) is 60.9 Å². The number of rotatable bonds is 4. The summed E-state index contributed by atoms with van der Waals surface area (Å²) in [6.45, 7) is 4.95. The molecule has 1 aliphatic heterocycles. The summed E-state index contributed by atoms with van der Waals surface area (Å²) in [6, 6.07) is 10.9. The predicted molar refractivity (Wildman–Crippen MR) is 104 cm³/mol. The Hall–Kier alpha value is -2.07. The van der Waals surface area contributed by atoms with Crippen LogP contribution in [-0.4, -0.2) is 12.5 Å². The fourth-order valence-corrected chi connectivity index (χ4v) is 4.98. The van der Waals surface area contributed by atoms with Crippen molar-refractivity contribution in [2.24, 2.45) is 5.92 Å². The van der Waals surface area contributed by atoms with E-state index >= 15 is 0 Å². The molecule has 4 rings (SSSR count). The first-order valence-corrected chi connectivity index (χ1v) is 9.90. The molecule has 130 valence electrons. The average Bonchev–Trinajstić information content (AvgIpc) is 3.27. The largest absolute Gasteiger partial charge is 0.377 e. The predicted octanol–water partition coefficient (Wildman–Crippen LogP) is 5.02. The van der Waals surface area contributed by atoms with Crippen LogP contribution in [0.3, 0.4) is 0 Å². The van der Waals surface area contributed by atoms with E-state index < -0.39 is 0 Å². The first-order valence-electron chi connectivity index (χ1n) is 9.09. The molecule has 0 saturated carbocycles. The quantitative estimate of drug-likeness (QED) is 0.758. The van der Waals surface area contributed by atoms with Crippen LogP contribution in [0.15, 0.2) is 42.5 Å². The second-order valence-electron chi connectivity index (χ2n) is 6.98. The number of fused-ring (bicyclic) bond motifs is 3. The second-order valence-corrected chi connectivity index (χ2v) is 8.30. The maximum absolute atomic E-state index is 12.3. The van der Waals surface area contributed by atoms with E-state index in [-0.39, 0.29) is 5.91 Å². The summed E-state index contributed by atoms with van der Waals surface area (Å²) in [7, 11) is 0. The minimum Gasteiger partial charge on any atom is -0.377 e. The van der Waals surface area contributed by atoms with Gasteiger partial charge in [0.05, 0.1) is 6.04 Å². The van der Waals surface area contributed by atoms with Crippen LogP contribution in [-0.2, 0) is 0 Å². The smallest absolute Gasteiger partial charge is 0.251 e. The molecule has 2 aliphatic rings. The van der Waals surface area contributed by atoms with Crippen molar-refractivity contribution >= 4 is 22.9 Å². The number of thiophene rings is 1. The van der Waals surface area contributed by atoms with Crippen molar-refractivity contribution in [1.29, 1.82) is 0 Å². The molecule has 1 amide bonds. The molecular formula is C21H24N2OS. The Morgan fingerprint density at radius 2 is 2.20 bits per heavy atom. The van der Waals surface area contributed by atoms with Crippen LogP contribution in [0, 0.1) is 12.8 Å². The summed E-state index contributed by atoms with van der Waals surface area (Å²) >= 11 is 1.88. The molecule has 0 fully saturated rings. The van der Waals surface area contributed by atoms with E-state index in [1.807, 2.05) is 17.4 Å². The maximum atomic E-state index is 12.3. The van der Waals surface area contributed by atoms with Crippen LogP contribution in [0.5, 0.6) is 0 Å². The van der Waals surface area contributed by atoms with E-state index in [9.17, 15) is 4.79 Å². The average molecular weight is 353 g/mol. The Balaban J connectivity index is 1.67. The molecule has 25 heavy (non-hydrogen) atoms. The number of anilines is 1. The van der Waals surface area contributed by atoms with Gasteiger partial charge in [-0.25, -0.2) is 0 Å². The van der Waals surface area contributed by atoms with Crippen molar-refractivity contribution in [3.63, 3.8) is 0 Å². The summed E-state index contributed by atoms with van der Waals surface area (Å²) in [4.78, 5) is 15.1. The van der Waals surface area contributed by atoms with E-state index in [1.165, 1.54) is 15.3 Å². The minimum atomic E-state index is 0.0270. The summed E-state index contributed by atoms with van der Waals surface area (Å²) < 4.78 is 0. The zero-order valence-corrected chi connectivity index (χ0v) is 15.5. The number of allylic oxidation sites excluding steroid dienone is 2. The number of hydrogen-bond acceptors (Lipinski definition) is 3. The molecule has 0 saturated heterocycles. The summed E-state index contributed by atoms with van der Waals surface area (Å²) in [6.07, 6.45) is 6.66. The summed E-state index contributed by atoms with van der Waals surface area (Å²) in [5, 5.41) is 6.72. The summed E-state index contributed by atoms with van der Waals surface area (Å²) in [5.41, 5.74) is 3.18. The molecule has 2 heterocycles. The minimum absolute atomic E-state index is 0.0270. The molecule has 1 aromatic heterocycles. The van der Waals surface area contributed by atoms with Crippen molar-refractivity contribution in [2.45, 2.75) is 38.6 Å². The van der Waals surface area contributed by atoms with Gasteiger partial charge in [-0.3, -0.25) is 4.79 Å². The van der Waals surface area contributed by atoms with E-state index in [4.69, 9.17) is 0 Å². The zero-order chi connectivity index (χ0) is 17.4. The molecule has 4 heteroatoms. The van der Waals surface area contributed by atoms with Gasteiger partial charge in [0.25, 0.3) is 5.91 Å². The van der Waals surface area contributed by atoms with Gasteiger partial charge < -0.3 is 10.6 Å². The molecule has 0 bridgehead atoms. The molecular weight excluding hydrogens is 328 g/mol. The van der Waals surface area contributed by atoms with Crippen LogP contribution in [0.2, 0.25) is 0 Å². The number of benzene rings is 1. The van der Waals surface area contributed by atoms with E-state index in [0.717, 1.165) is 30.6 Å². The van der Waals surface area contributed by atoms with Crippen LogP contribution < -0.4 is 10.6 Å². The lowest BCUT2D eigenvalue weighted by molar-refractivity contribution is 0.0953. The van der Waals surface area contributed by atoms with Gasteiger partial charge in [-0.2, -0.15) is 0 Å². The molecule has 2 aromatic rings. The normalized spacial score (nSPS) is 23.7.